The van der Waals surface area contributed by atoms with Crippen molar-refractivity contribution in [2.75, 3.05) is 7.11 Å². The molecule has 17 heavy (non-hydrogen) atoms. The highest BCUT2D eigenvalue weighted by molar-refractivity contribution is 7.10. The van der Waals surface area contributed by atoms with Crippen molar-refractivity contribution in [3.63, 3.8) is 0 Å². The molecule has 0 radical (unpaired) electrons. The van der Waals surface area contributed by atoms with Gasteiger partial charge in [0.2, 0.25) is 0 Å². The first kappa shape index (κ1) is 12.0. The van der Waals surface area contributed by atoms with Gasteiger partial charge in [-0.15, -0.1) is 11.3 Å². The summed E-state index contributed by atoms with van der Waals surface area (Å²) >= 11 is 1.49. The van der Waals surface area contributed by atoms with Crippen LogP contribution in [0.4, 0.5) is 4.39 Å². The van der Waals surface area contributed by atoms with Gasteiger partial charge in [0.05, 0.1) is 24.2 Å². The molecule has 4 nitrogen and oxygen atoms in total. The number of halogens is 1. The van der Waals surface area contributed by atoms with E-state index in [-0.39, 0.29) is 6.04 Å². The van der Waals surface area contributed by atoms with Crippen LogP contribution in [0.15, 0.2) is 29.9 Å². The standard InChI is InChI=1S/C11H12FN3OS/c1-16-9-2-3-17-11(9)10(15-13)7-4-8(12)6-14-5-7/h2-6,10,15H,13H2,1H3. The van der Waals surface area contributed by atoms with Crippen molar-refractivity contribution in [1.82, 2.24) is 10.4 Å². The third-order valence-electron chi connectivity index (χ3n) is 2.37. The maximum absolute atomic E-state index is 13.1. The number of hydrogen-bond acceptors (Lipinski definition) is 5. The topological polar surface area (TPSA) is 60.2 Å². The van der Waals surface area contributed by atoms with Gasteiger partial charge in [0.25, 0.3) is 0 Å². The first-order valence-corrected chi connectivity index (χ1v) is 5.82. The van der Waals surface area contributed by atoms with E-state index in [1.807, 2.05) is 11.4 Å². The number of pyridine rings is 1. The summed E-state index contributed by atoms with van der Waals surface area (Å²) in [5.41, 5.74) is 3.31. The van der Waals surface area contributed by atoms with Gasteiger partial charge in [0.1, 0.15) is 11.6 Å². The number of ether oxygens (including phenoxy) is 1. The molecule has 2 aromatic heterocycles. The van der Waals surface area contributed by atoms with Crippen LogP contribution in [-0.2, 0) is 0 Å². The lowest BCUT2D eigenvalue weighted by Crippen LogP contribution is -2.28. The summed E-state index contributed by atoms with van der Waals surface area (Å²) in [7, 11) is 1.59. The Hall–Kier alpha value is -1.50. The van der Waals surface area contributed by atoms with Crippen molar-refractivity contribution >= 4 is 11.3 Å². The van der Waals surface area contributed by atoms with Crippen LogP contribution in [0.5, 0.6) is 5.75 Å². The number of methoxy groups -OCH3 is 1. The Morgan fingerprint density at radius 2 is 2.35 bits per heavy atom. The van der Waals surface area contributed by atoms with E-state index in [0.717, 1.165) is 16.8 Å². The van der Waals surface area contributed by atoms with E-state index in [1.165, 1.54) is 17.4 Å². The van der Waals surface area contributed by atoms with Crippen molar-refractivity contribution < 1.29 is 9.13 Å². The van der Waals surface area contributed by atoms with Crippen molar-refractivity contribution in [2.45, 2.75) is 6.04 Å². The molecule has 2 heterocycles. The van der Waals surface area contributed by atoms with Gasteiger partial charge in [0.15, 0.2) is 0 Å². The summed E-state index contributed by atoms with van der Waals surface area (Å²) in [4.78, 5) is 4.70. The predicted octanol–water partition coefficient (Wildman–Crippen LogP) is 1.84. The normalized spacial score (nSPS) is 12.4. The minimum atomic E-state index is -0.390. The van der Waals surface area contributed by atoms with E-state index in [2.05, 4.69) is 10.4 Å². The lowest BCUT2D eigenvalue weighted by molar-refractivity contribution is 0.407. The number of aromatic nitrogens is 1. The number of hydrogen-bond donors (Lipinski definition) is 2. The molecule has 6 heteroatoms. The van der Waals surface area contributed by atoms with E-state index in [9.17, 15) is 4.39 Å². The lowest BCUT2D eigenvalue weighted by atomic mass is 10.1. The van der Waals surface area contributed by atoms with Crippen LogP contribution in [0.2, 0.25) is 0 Å². The van der Waals surface area contributed by atoms with Crippen molar-refractivity contribution in [3.8, 4) is 5.75 Å². The minimum Gasteiger partial charge on any atom is -0.496 e. The molecule has 0 spiro atoms. The maximum atomic E-state index is 13.1. The summed E-state index contributed by atoms with van der Waals surface area (Å²) in [5, 5.41) is 1.89. The zero-order valence-corrected chi connectivity index (χ0v) is 10.00. The molecule has 0 aliphatic heterocycles. The monoisotopic (exact) mass is 253 g/mol. The Labute approximate surface area is 102 Å². The second-order valence-electron chi connectivity index (χ2n) is 3.39. The number of thiophene rings is 1. The molecule has 0 bridgehead atoms. The molecule has 1 unspecified atom stereocenters. The third-order valence-corrected chi connectivity index (χ3v) is 3.33. The van der Waals surface area contributed by atoms with E-state index in [0.29, 0.717) is 5.56 Å². The number of rotatable bonds is 4. The summed E-state index contributed by atoms with van der Waals surface area (Å²) in [6.45, 7) is 0. The molecule has 0 amide bonds. The predicted molar refractivity (Wildman–Crippen MR) is 64.2 cm³/mol. The third kappa shape index (κ3) is 2.44. The second kappa shape index (κ2) is 5.22. The first-order chi connectivity index (χ1) is 8.26. The number of nitrogens with zero attached hydrogens (tertiary/aromatic N) is 1. The van der Waals surface area contributed by atoms with Gasteiger partial charge in [-0.1, -0.05) is 0 Å². The molecule has 90 valence electrons. The van der Waals surface area contributed by atoms with Crippen LogP contribution in [-0.4, -0.2) is 12.1 Å². The summed E-state index contributed by atoms with van der Waals surface area (Å²) in [5.74, 6) is 5.85. The Morgan fingerprint density at radius 3 is 3.00 bits per heavy atom. The Balaban J connectivity index is 2.40. The number of hydrazine groups is 1. The minimum absolute atomic E-state index is 0.326. The van der Waals surface area contributed by atoms with Crippen molar-refractivity contribution in [3.05, 3.63) is 46.2 Å². The molecular formula is C11H12FN3OS. The lowest BCUT2D eigenvalue weighted by Gasteiger charge is -2.15. The van der Waals surface area contributed by atoms with Gasteiger partial charge in [-0.25, -0.2) is 9.82 Å². The average Bonchev–Trinajstić information content (AvgIpc) is 2.78. The molecule has 2 rings (SSSR count). The van der Waals surface area contributed by atoms with E-state index in [1.54, 1.807) is 13.3 Å². The molecule has 2 aromatic rings. The molecule has 0 aliphatic rings. The second-order valence-corrected chi connectivity index (χ2v) is 4.34. The molecule has 0 aliphatic carbocycles. The molecule has 0 saturated carbocycles. The zero-order chi connectivity index (χ0) is 12.3. The molecule has 0 saturated heterocycles. The summed E-state index contributed by atoms with van der Waals surface area (Å²) < 4.78 is 18.3. The van der Waals surface area contributed by atoms with Gasteiger partial charge in [-0.3, -0.25) is 10.8 Å². The Kier molecular flexibility index (Phi) is 3.68. The van der Waals surface area contributed by atoms with E-state index in [4.69, 9.17) is 10.6 Å². The van der Waals surface area contributed by atoms with Gasteiger partial charge in [-0.05, 0) is 23.1 Å². The van der Waals surface area contributed by atoms with Gasteiger partial charge < -0.3 is 4.74 Å². The van der Waals surface area contributed by atoms with Crippen LogP contribution in [0, 0.1) is 5.82 Å². The maximum Gasteiger partial charge on any atom is 0.141 e. The van der Waals surface area contributed by atoms with Crippen molar-refractivity contribution in [1.29, 1.82) is 0 Å². The molecule has 0 fully saturated rings. The zero-order valence-electron chi connectivity index (χ0n) is 9.18. The largest absolute Gasteiger partial charge is 0.496 e. The van der Waals surface area contributed by atoms with Gasteiger partial charge in [0, 0.05) is 6.20 Å². The summed E-state index contributed by atoms with van der Waals surface area (Å²) in [6.07, 6.45) is 2.73. The van der Waals surface area contributed by atoms with Crippen LogP contribution < -0.4 is 16.0 Å². The highest BCUT2D eigenvalue weighted by atomic mass is 32.1. The van der Waals surface area contributed by atoms with Crippen LogP contribution in [0.1, 0.15) is 16.5 Å². The molecule has 0 aromatic carbocycles. The average molecular weight is 253 g/mol. The highest BCUT2D eigenvalue weighted by Crippen LogP contribution is 2.34. The molecule has 3 N–H and O–H groups in total. The quantitative estimate of drug-likeness (QED) is 0.645. The fraction of sp³-hybridized carbons (Fsp3) is 0.182. The van der Waals surface area contributed by atoms with Crippen molar-refractivity contribution in [2.24, 2.45) is 5.84 Å². The fourth-order valence-corrected chi connectivity index (χ4v) is 2.54. The SMILES string of the molecule is COc1ccsc1C(NN)c1cncc(F)c1. The Bertz CT molecular complexity index is 503. The van der Waals surface area contributed by atoms with Gasteiger partial charge in [-0.2, -0.15) is 0 Å². The Morgan fingerprint density at radius 1 is 1.53 bits per heavy atom. The number of nitrogens with one attached hydrogen (secondary N) is 1. The fourth-order valence-electron chi connectivity index (χ4n) is 1.60. The van der Waals surface area contributed by atoms with Crippen LogP contribution in [0.3, 0.4) is 0 Å². The highest BCUT2D eigenvalue weighted by Gasteiger charge is 2.19. The summed E-state index contributed by atoms with van der Waals surface area (Å²) in [6, 6.07) is 2.92. The van der Waals surface area contributed by atoms with Crippen LogP contribution in [0.25, 0.3) is 0 Å². The smallest absolute Gasteiger partial charge is 0.141 e. The molecular weight excluding hydrogens is 241 g/mol. The van der Waals surface area contributed by atoms with Crippen LogP contribution >= 0.6 is 11.3 Å². The molecule has 1 atom stereocenters. The number of nitrogens with two attached hydrogens (primary N) is 1. The van der Waals surface area contributed by atoms with E-state index < -0.39 is 5.82 Å². The van der Waals surface area contributed by atoms with Gasteiger partial charge >= 0.3 is 0 Å². The van der Waals surface area contributed by atoms with E-state index >= 15 is 0 Å². The first-order valence-electron chi connectivity index (χ1n) is 4.94.